The van der Waals surface area contributed by atoms with Crippen LogP contribution in [0.3, 0.4) is 0 Å². The molecule has 0 saturated heterocycles. The van der Waals surface area contributed by atoms with Crippen molar-refractivity contribution >= 4 is 17.5 Å². The van der Waals surface area contributed by atoms with Crippen LogP contribution in [0.1, 0.15) is 42.1 Å². The summed E-state index contributed by atoms with van der Waals surface area (Å²) in [4.78, 5) is 23.9. The van der Waals surface area contributed by atoms with Crippen LogP contribution in [0.5, 0.6) is 0 Å². The maximum Gasteiger partial charge on any atom is 0.358 e. The fourth-order valence-corrected chi connectivity index (χ4v) is 2.87. The summed E-state index contributed by atoms with van der Waals surface area (Å²) in [6.45, 7) is 4.90. The van der Waals surface area contributed by atoms with Crippen molar-refractivity contribution in [3.05, 3.63) is 35.5 Å². The number of nitrogens with one attached hydrogen (secondary N) is 1. The number of rotatable bonds is 4. The number of aliphatic imine (C=N–C) groups is 1. The molecule has 3 heterocycles. The van der Waals surface area contributed by atoms with E-state index in [1.165, 1.54) is 0 Å². The Morgan fingerprint density at radius 2 is 2.43 bits per heavy atom. The minimum atomic E-state index is -0.370. The Morgan fingerprint density at radius 3 is 3.13 bits per heavy atom. The molecule has 0 spiro atoms. The number of hydrogen-bond acceptors (Lipinski definition) is 5. The van der Waals surface area contributed by atoms with E-state index >= 15 is 0 Å². The molecule has 0 aliphatic carbocycles. The van der Waals surface area contributed by atoms with Gasteiger partial charge in [-0.15, -0.1) is 0 Å². The molecule has 1 aliphatic rings. The van der Waals surface area contributed by atoms with Crippen molar-refractivity contribution < 1.29 is 9.53 Å². The number of anilines is 1. The molecule has 0 amide bonds. The van der Waals surface area contributed by atoms with Gasteiger partial charge in [0.25, 0.3) is 0 Å². The number of nitrogens with zero attached hydrogens (tertiary/aromatic N) is 3. The fourth-order valence-electron chi connectivity index (χ4n) is 2.87. The molecule has 0 aromatic carbocycles. The molecule has 7 nitrogen and oxygen atoms in total. The van der Waals surface area contributed by atoms with Gasteiger partial charge in [0.15, 0.2) is 5.69 Å². The first-order valence-corrected chi connectivity index (χ1v) is 7.79. The first-order chi connectivity index (χ1) is 11.1. The Labute approximate surface area is 134 Å². The largest absolute Gasteiger partial charge is 0.461 e. The summed E-state index contributed by atoms with van der Waals surface area (Å²) in [5.41, 5.74) is 8.11. The first-order valence-electron chi connectivity index (χ1n) is 7.79. The first kappa shape index (κ1) is 15.3. The second kappa shape index (κ2) is 6.28. The van der Waals surface area contributed by atoms with Gasteiger partial charge in [0, 0.05) is 36.6 Å². The van der Waals surface area contributed by atoms with Crippen LogP contribution in [0.25, 0.3) is 0 Å². The lowest BCUT2D eigenvalue weighted by Crippen LogP contribution is -2.23. The lowest BCUT2D eigenvalue weighted by molar-refractivity contribution is 0.0520. The van der Waals surface area contributed by atoms with Gasteiger partial charge in [0.05, 0.1) is 12.6 Å². The summed E-state index contributed by atoms with van der Waals surface area (Å²) < 4.78 is 7.01. The van der Waals surface area contributed by atoms with E-state index in [9.17, 15) is 4.79 Å². The van der Waals surface area contributed by atoms with Crippen molar-refractivity contribution in [2.24, 2.45) is 4.99 Å². The topological polar surface area (TPSA) is 98.3 Å². The molecule has 1 unspecified atom stereocenters. The van der Waals surface area contributed by atoms with Crippen molar-refractivity contribution in [1.82, 2.24) is 14.5 Å². The van der Waals surface area contributed by atoms with Crippen LogP contribution in [0, 0.1) is 0 Å². The van der Waals surface area contributed by atoms with E-state index in [-0.39, 0.29) is 12.0 Å². The van der Waals surface area contributed by atoms with Crippen molar-refractivity contribution in [2.45, 2.75) is 39.3 Å². The zero-order chi connectivity index (χ0) is 16.4. The number of fused-ring (bicyclic) bond motifs is 1. The third kappa shape index (κ3) is 3.13. The summed E-state index contributed by atoms with van der Waals surface area (Å²) in [5.74, 6) is 1.14. The Hall–Kier alpha value is -2.57. The van der Waals surface area contributed by atoms with E-state index in [1.54, 1.807) is 13.1 Å². The second-order valence-electron chi connectivity index (χ2n) is 5.62. The van der Waals surface area contributed by atoms with Crippen LogP contribution in [0.2, 0.25) is 0 Å². The van der Waals surface area contributed by atoms with Gasteiger partial charge < -0.3 is 20.0 Å². The van der Waals surface area contributed by atoms with Crippen molar-refractivity contribution in [2.75, 3.05) is 12.3 Å². The Balaban J connectivity index is 1.75. The van der Waals surface area contributed by atoms with Gasteiger partial charge >= 0.3 is 5.97 Å². The molecule has 7 heteroatoms. The smallest absolute Gasteiger partial charge is 0.358 e. The van der Waals surface area contributed by atoms with E-state index in [0.717, 1.165) is 30.1 Å². The third-order valence-electron chi connectivity index (χ3n) is 4.01. The summed E-state index contributed by atoms with van der Waals surface area (Å²) in [7, 11) is 0. The number of imidazole rings is 1. The number of aromatic nitrogens is 3. The van der Waals surface area contributed by atoms with Crippen LogP contribution < -0.4 is 5.73 Å². The van der Waals surface area contributed by atoms with Gasteiger partial charge in [0.2, 0.25) is 0 Å². The number of nitrogens with two attached hydrogens (primary N) is 1. The maximum atomic E-state index is 11.8. The van der Waals surface area contributed by atoms with Gasteiger partial charge in [0.1, 0.15) is 11.6 Å². The third-order valence-corrected chi connectivity index (χ3v) is 4.01. The zero-order valence-electron chi connectivity index (χ0n) is 13.4. The molecule has 0 bridgehead atoms. The van der Waals surface area contributed by atoms with Gasteiger partial charge in [-0.2, -0.15) is 0 Å². The van der Waals surface area contributed by atoms with Crippen molar-refractivity contribution in [3.63, 3.8) is 0 Å². The molecule has 0 saturated carbocycles. The lowest BCUT2D eigenvalue weighted by Gasteiger charge is -2.20. The molecule has 2 aromatic heterocycles. The van der Waals surface area contributed by atoms with Crippen LogP contribution in [0.4, 0.5) is 5.82 Å². The molecule has 1 aliphatic heterocycles. The number of ether oxygens (including phenoxy) is 1. The normalized spacial score (nSPS) is 17.8. The van der Waals surface area contributed by atoms with Crippen LogP contribution in [-0.4, -0.2) is 38.9 Å². The molecule has 122 valence electrons. The zero-order valence-corrected chi connectivity index (χ0v) is 13.4. The standard InChI is InChI=1S/C16H21N5O2/c1-3-23-16(22)13-9-21-7-5-11(8-14(21)20-13)19-10(2)12-4-6-18-15(12)17/h4,6,9,11,18H,3,5,7-8,17H2,1-2H3. The van der Waals surface area contributed by atoms with E-state index in [2.05, 4.69) is 9.97 Å². The molecule has 23 heavy (non-hydrogen) atoms. The number of nitrogen functional groups attached to an aromatic ring is 1. The predicted molar refractivity (Wildman–Crippen MR) is 87.7 cm³/mol. The van der Waals surface area contributed by atoms with E-state index < -0.39 is 0 Å². The number of carbonyl (C=O) groups excluding carboxylic acids is 1. The van der Waals surface area contributed by atoms with Gasteiger partial charge in [-0.3, -0.25) is 4.99 Å². The average molecular weight is 315 g/mol. The quantitative estimate of drug-likeness (QED) is 0.664. The molecular formula is C16H21N5O2. The average Bonchev–Trinajstić information content (AvgIpc) is 3.13. The van der Waals surface area contributed by atoms with Crippen molar-refractivity contribution in [3.8, 4) is 0 Å². The Morgan fingerprint density at radius 1 is 1.61 bits per heavy atom. The van der Waals surface area contributed by atoms with Crippen LogP contribution >= 0.6 is 0 Å². The highest BCUT2D eigenvalue weighted by molar-refractivity contribution is 6.02. The highest BCUT2D eigenvalue weighted by Gasteiger charge is 2.23. The Bertz CT molecular complexity index is 743. The molecule has 2 aromatic rings. The van der Waals surface area contributed by atoms with Gasteiger partial charge in [-0.05, 0) is 26.3 Å². The molecular weight excluding hydrogens is 294 g/mol. The summed E-state index contributed by atoms with van der Waals surface area (Å²) in [5, 5.41) is 0. The SMILES string of the molecule is CCOC(=O)c1cn2c(n1)CC(N=C(C)c1cc[nH]c1N)CC2. The van der Waals surface area contributed by atoms with Crippen LogP contribution in [-0.2, 0) is 17.7 Å². The highest BCUT2D eigenvalue weighted by atomic mass is 16.5. The fraction of sp³-hybridized carbons (Fsp3) is 0.438. The van der Waals surface area contributed by atoms with E-state index in [1.807, 2.05) is 23.8 Å². The lowest BCUT2D eigenvalue weighted by atomic mass is 10.1. The van der Waals surface area contributed by atoms with E-state index in [4.69, 9.17) is 15.5 Å². The van der Waals surface area contributed by atoms with Gasteiger partial charge in [-0.1, -0.05) is 0 Å². The molecule has 3 N–H and O–H groups in total. The highest BCUT2D eigenvalue weighted by Crippen LogP contribution is 2.20. The number of H-pyrrole nitrogens is 1. The monoisotopic (exact) mass is 315 g/mol. The van der Waals surface area contributed by atoms with Crippen LogP contribution in [0.15, 0.2) is 23.5 Å². The predicted octanol–water partition coefficient (Wildman–Crippen LogP) is 1.79. The number of esters is 1. The molecule has 0 radical (unpaired) electrons. The minimum Gasteiger partial charge on any atom is -0.461 e. The number of aryl methyl sites for hydroxylation is 1. The molecule has 3 rings (SSSR count). The van der Waals surface area contributed by atoms with Gasteiger partial charge in [-0.25, -0.2) is 9.78 Å². The number of aromatic amines is 1. The Kier molecular flexibility index (Phi) is 4.18. The summed E-state index contributed by atoms with van der Waals surface area (Å²) in [6, 6.07) is 2.07. The maximum absolute atomic E-state index is 11.8. The van der Waals surface area contributed by atoms with E-state index in [0.29, 0.717) is 24.5 Å². The summed E-state index contributed by atoms with van der Waals surface area (Å²) >= 11 is 0. The minimum absolute atomic E-state index is 0.147. The molecule has 1 atom stereocenters. The second-order valence-corrected chi connectivity index (χ2v) is 5.62. The summed E-state index contributed by atoms with van der Waals surface area (Å²) in [6.07, 6.45) is 5.20. The van der Waals surface area contributed by atoms with Crippen molar-refractivity contribution in [1.29, 1.82) is 0 Å². The molecule has 0 fully saturated rings. The number of carbonyl (C=O) groups is 1. The number of hydrogen-bond donors (Lipinski definition) is 2.